The van der Waals surface area contributed by atoms with E-state index < -0.39 is 17.4 Å². The largest absolute Gasteiger partial charge is 0.431 e. The van der Waals surface area contributed by atoms with E-state index in [2.05, 4.69) is 28.7 Å². The fourth-order valence-corrected chi connectivity index (χ4v) is 4.55. The highest BCUT2D eigenvalue weighted by Gasteiger charge is 2.38. The first-order valence-electron chi connectivity index (χ1n) is 11.1. The van der Waals surface area contributed by atoms with Crippen molar-refractivity contribution in [2.24, 2.45) is 0 Å². The fraction of sp³-hybridized carbons (Fsp3) is 0.435. The Hall–Kier alpha value is -3.34. The zero-order chi connectivity index (χ0) is 24.9. The second-order valence-corrected chi connectivity index (χ2v) is 8.56. The fourth-order valence-electron chi connectivity index (χ4n) is 4.55. The van der Waals surface area contributed by atoms with E-state index in [0.29, 0.717) is 34.8 Å². The second kappa shape index (κ2) is 8.46. The molecule has 0 saturated carbocycles. The third kappa shape index (κ3) is 3.83. The number of likely N-dealkylation sites (N-methyl/N-ethyl adjacent to an activating group) is 1. The Morgan fingerprint density at radius 3 is 2.35 bits per heavy atom. The summed E-state index contributed by atoms with van der Waals surface area (Å²) in [5.41, 5.74) is 11.0. The molecule has 3 heterocycles. The van der Waals surface area contributed by atoms with Gasteiger partial charge in [0, 0.05) is 24.8 Å². The lowest BCUT2D eigenvalue weighted by Gasteiger charge is -2.44. The average molecular weight is 476 g/mol. The van der Waals surface area contributed by atoms with Gasteiger partial charge >= 0.3 is 6.18 Å². The highest BCUT2D eigenvalue weighted by Crippen LogP contribution is 2.35. The third-order valence-electron chi connectivity index (χ3n) is 6.55. The summed E-state index contributed by atoms with van der Waals surface area (Å²) >= 11 is 0. The number of fused-ring (bicyclic) bond motifs is 1. The van der Waals surface area contributed by atoms with Gasteiger partial charge in [0.25, 0.3) is 5.56 Å². The van der Waals surface area contributed by atoms with Crippen molar-refractivity contribution in [1.82, 2.24) is 19.4 Å². The molecule has 2 aromatic heterocycles. The zero-order valence-electron chi connectivity index (χ0n) is 19.6. The predicted molar refractivity (Wildman–Crippen MR) is 127 cm³/mol. The molecule has 182 valence electrons. The topological polar surface area (TPSA) is 106 Å². The van der Waals surface area contributed by atoms with Crippen molar-refractivity contribution in [1.29, 1.82) is 0 Å². The first-order valence-corrected chi connectivity index (χ1v) is 11.1. The smallest absolute Gasteiger partial charge is 0.398 e. The molecule has 0 unspecified atom stereocenters. The summed E-state index contributed by atoms with van der Waals surface area (Å²) < 4.78 is 43.0. The van der Waals surface area contributed by atoms with E-state index in [0.717, 1.165) is 19.2 Å². The number of hydrogen-bond acceptors (Lipinski definition) is 7. The van der Waals surface area contributed by atoms with Gasteiger partial charge in [-0.05, 0) is 50.2 Å². The number of anilines is 3. The maximum absolute atomic E-state index is 14.1. The highest BCUT2D eigenvalue weighted by atomic mass is 19.4. The molecule has 0 atom stereocenters. The molecule has 1 fully saturated rings. The minimum atomic E-state index is -4.82. The maximum atomic E-state index is 14.1. The summed E-state index contributed by atoms with van der Waals surface area (Å²) in [6, 6.07) is 4.34. The van der Waals surface area contributed by atoms with Crippen LogP contribution in [0.1, 0.15) is 30.7 Å². The van der Waals surface area contributed by atoms with Crippen LogP contribution < -0.4 is 21.9 Å². The summed E-state index contributed by atoms with van der Waals surface area (Å²) in [4.78, 5) is 26.3. The standard InChI is InChI=1S/C23H28F3N7O/c1-5-31(6-2)14-10-32(11-14)22-29-18-15(20(28)30-22)9-17(23(24,25)26)33(21(18)34)19-12(3)7-8-16(27)13(19)4/h7-9,14H,5-6,10-11,27H2,1-4H3,(H2,28,29,30). The third-order valence-corrected chi connectivity index (χ3v) is 6.55. The van der Waals surface area contributed by atoms with Gasteiger partial charge in [-0.1, -0.05) is 19.9 Å². The molecule has 1 saturated heterocycles. The number of aromatic nitrogens is 3. The molecule has 8 nitrogen and oxygen atoms in total. The van der Waals surface area contributed by atoms with Crippen molar-refractivity contribution >= 4 is 28.4 Å². The molecule has 0 amide bonds. The van der Waals surface area contributed by atoms with Crippen molar-refractivity contribution in [3.63, 3.8) is 0 Å². The van der Waals surface area contributed by atoms with Crippen LogP contribution in [-0.4, -0.2) is 51.7 Å². The van der Waals surface area contributed by atoms with Crippen LogP contribution in [-0.2, 0) is 6.18 Å². The molecule has 34 heavy (non-hydrogen) atoms. The monoisotopic (exact) mass is 475 g/mol. The minimum Gasteiger partial charge on any atom is -0.398 e. The van der Waals surface area contributed by atoms with Crippen molar-refractivity contribution < 1.29 is 13.2 Å². The van der Waals surface area contributed by atoms with Gasteiger partial charge in [0.05, 0.1) is 11.1 Å². The van der Waals surface area contributed by atoms with E-state index in [9.17, 15) is 18.0 Å². The normalized spacial score (nSPS) is 14.8. The van der Waals surface area contributed by atoms with Gasteiger partial charge in [0.15, 0.2) is 0 Å². The molecule has 0 aliphatic carbocycles. The summed E-state index contributed by atoms with van der Waals surface area (Å²) in [5, 5.41) is -0.127. The van der Waals surface area contributed by atoms with E-state index in [-0.39, 0.29) is 34.0 Å². The van der Waals surface area contributed by atoms with Crippen molar-refractivity contribution in [3.05, 3.63) is 45.4 Å². The molecule has 0 bridgehead atoms. The Labute approximate surface area is 195 Å². The molecule has 1 aliphatic heterocycles. The molecule has 1 aliphatic rings. The Bertz CT molecular complexity index is 1310. The number of rotatable bonds is 5. The number of pyridine rings is 1. The van der Waals surface area contributed by atoms with Crippen LogP contribution in [0, 0.1) is 13.8 Å². The molecule has 0 radical (unpaired) electrons. The van der Waals surface area contributed by atoms with Crippen LogP contribution in [0.4, 0.5) is 30.6 Å². The summed E-state index contributed by atoms with van der Waals surface area (Å²) in [7, 11) is 0. The summed E-state index contributed by atoms with van der Waals surface area (Å²) in [5.74, 6) is 0.0693. The second-order valence-electron chi connectivity index (χ2n) is 8.56. The quantitative estimate of drug-likeness (QED) is 0.546. The highest BCUT2D eigenvalue weighted by molar-refractivity contribution is 5.89. The van der Waals surface area contributed by atoms with Crippen LogP contribution in [0.3, 0.4) is 0 Å². The number of nitrogen functional groups attached to an aromatic ring is 2. The molecular weight excluding hydrogens is 447 g/mol. The van der Waals surface area contributed by atoms with Crippen LogP contribution >= 0.6 is 0 Å². The van der Waals surface area contributed by atoms with Gasteiger partial charge in [-0.15, -0.1) is 0 Å². The number of nitrogens with zero attached hydrogens (tertiary/aromatic N) is 5. The summed E-state index contributed by atoms with van der Waals surface area (Å²) in [6.07, 6.45) is -4.82. The number of nitrogens with two attached hydrogens (primary N) is 2. The number of hydrogen-bond donors (Lipinski definition) is 2. The Balaban J connectivity index is 1.92. The van der Waals surface area contributed by atoms with Crippen molar-refractivity contribution in [3.8, 4) is 5.69 Å². The SMILES string of the molecule is CCN(CC)C1CN(c2nc(N)c3cc(C(F)(F)F)n(-c4c(C)ccc(N)c4C)c(=O)c3n2)C1. The molecule has 11 heteroatoms. The first kappa shape index (κ1) is 23.8. The summed E-state index contributed by atoms with van der Waals surface area (Å²) in [6.45, 7) is 10.5. The van der Waals surface area contributed by atoms with Crippen molar-refractivity contribution in [2.45, 2.75) is 39.9 Å². The van der Waals surface area contributed by atoms with Gasteiger partial charge in [0.2, 0.25) is 5.95 Å². The lowest BCUT2D eigenvalue weighted by Crippen LogP contribution is -2.60. The maximum Gasteiger partial charge on any atom is 0.431 e. The lowest BCUT2D eigenvalue weighted by molar-refractivity contribution is -0.142. The number of halogens is 3. The van der Waals surface area contributed by atoms with E-state index >= 15 is 0 Å². The first-order chi connectivity index (χ1) is 16.0. The van der Waals surface area contributed by atoms with E-state index in [1.54, 1.807) is 26.0 Å². The van der Waals surface area contributed by atoms with Gasteiger partial charge in [-0.3, -0.25) is 14.3 Å². The Kier molecular flexibility index (Phi) is 5.92. The zero-order valence-corrected chi connectivity index (χ0v) is 19.6. The average Bonchev–Trinajstić information content (AvgIpc) is 2.74. The molecule has 3 aromatic rings. The van der Waals surface area contributed by atoms with Gasteiger partial charge in [-0.2, -0.15) is 18.2 Å². The van der Waals surface area contributed by atoms with Crippen LogP contribution in [0.5, 0.6) is 0 Å². The van der Waals surface area contributed by atoms with Crippen LogP contribution in [0.15, 0.2) is 23.0 Å². The predicted octanol–water partition coefficient (Wildman–Crippen LogP) is 3.11. The number of aryl methyl sites for hydroxylation is 1. The van der Waals surface area contributed by atoms with E-state index in [1.165, 1.54) is 0 Å². The molecule has 0 spiro atoms. The number of alkyl halides is 3. The van der Waals surface area contributed by atoms with Gasteiger partial charge < -0.3 is 16.4 Å². The number of benzene rings is 1. The van der Waals surface area contributed by atoms with Crippen LogP contribution in [0.2, 0.25) is 0 Å². The molecule has 4 rings (SSSR count). The van der Waals surface area contributed by atoms with E-state index in [4.69, 9.17) is 11.5 Å². The molecule has 4 N–H and O–H groups in total. The molecular formula is C23H28F3N7O. The Morgan fingerprint density at radius 2 is 1.76 bits per heavy atom. The van der Waals surface area contributed by atoms with Gasteiger partial charge in [0.1, 0.15) is 17.0 Å². The van der Waals surface area contributed by atoms with E-state index in [1.807, 2.05) is 4.90 Å². The minimum absolute atomic E-state index is 0.0866. The Morgan fingerprint density at radius 1 is 1.12 bits per heavy atom. The lowest BCUT2D eigenvalue weighted by atomic mass is 10.1. The molecule has 1 aromatic carbocycles. The van der Waals surface area contributed by atoms with Crippen LogP contribution in [0.25, 0.3) is 16.6 Å². The van der Waals surface area contributed by atoms with Gasteiger partial charge in [-0.25, -0.2) is 4.98 Å². The van der Waals surface area contributed by atoms with Crippen molar-refractivity contribution in [2.75, 3.05) is 42.5 Å².